The van der Waals surface area contributed by atoms with Crippen LogP contribution in [0, 0.1) is 23.7 Å². The van der Waals surface area contributed by atoms with Crippen LogP contribution >= 0.6 is 0 Å². The Morgan fingerprint density at radius 1 is 0.672 bits per heavy atom. The van der Waals surface area contributed by atoms with Crippen molar-refractivity contribution in [1.29, 1.82) is 0 Å². The van der Waals surface area contributed by atoms with E-state index in [1.165, 1.54) is 0 Å². The lowest BCUT2D eigenvalue weighted by Crippen LogP contribution is -2.55. The van der Waals surface area contributed by atoms with E-state index in [1.54, 1.807) is 44.8 Å². The average molecular weight is 784 g/mol. The molecule has 6 aliphatic rings. The number of carbonyl (C=O) groups excluding carboxylic acids is 2. The highest BCUT2D eigenvalue weighted by atomic mass is 16.6. The molecule has 0 aliphatic carbocycles. The van der Waals surface area contributed by atoms with E-state index in [2.05, 4.69) is 38.6 Å². The number of ether oxygens (including phenoxy) is 4. The number of nitrogens with zero attached hydrogens (tertiary/aromatic N) is 5. The molecule has 4 bridgehead atoms. The standard InChI is InChI=1S/C47H53N5O6/c1-5-28-26-51-20-16-30(28)22-42(51)44(34-14-18-48-38-12-10-32(55-3)24-36(34)38)57-46(53)40-8-7-9-41(50-40)47(54)58-45(43-23-31-17-21-52(43)27-29(31)6-2)35-15-19-49-39-13-11-33(56-4)25-37(35)39/h7-15,18-19,24-25,28-31,42-45H,5-6,16-17,20-23,26-27H2,1-4H3/t28-,29-,30-,31-,42-,43-,44+,45+/m0/s1. The van der Waals surface area contributed by atoms with Crippen molar-refractivity contribution in [2.45, 2.75) is 76.7 Å². The number of piperidine rings is 6. The molecule has 10 atom stereocenters. The molecule has 0 radical (unpaired) electrons. The van der Waals surface area contributed by atoms with Crippen LogP contribution in [0.15, 0.2) is 79.1 Å². The number of pyridine rings is 3. The number of carbonyl (C=O) groups is 2. The highest BCUT2D eigenvalue weighted by Gasteiger charge is 2.46. The molecule has 5 aromatic rings. The normalized spacial score (nSPS) is 27.2. The summed E-state index contributed by atoms with van der Waals surface area (Å²) < 4.78 is 24.4. The molecule has 0 N–H and O–H groups in total. The molecule has 0 amide bonds. The zero-order valence-electron chi connectivity index (χ0n) is 33.9. The average Bonchev–Trinajstić information content (AvgIpc) is 3.29. The van der Waals surface area contributed by atoms with Gasteiger partial charge >= 0.3 is 11.9 Å². The Balaban J connectivity index is 1.03. The van der Waals surface area contributed by atoms with E-state index in [-0.39, 0.29) is 23.5 Å². The number of hydrogen-bond donors (Lipinski definition) is 0. The van der Waals surface area contributed by atoms with Gasteiger partial charge in [-0.15, -0.1) is 0 Å². The predicted octanol–water partition coefficient (Wildman–Crippen LogP) is 8.23. The van der Waals surface area contributed by atoms with Crippen LogP contribution in [0.5, 0.6) is 11.5 Å². The summed E-state index contributed by atoms with van der Waals surface area (Å²) in [5.74, 6) is 2.62. The molecule has 0 spiro atoms. The number of benzene rings is 2. The SMILES string of the molecule is CC[C@H]1CN2CC[C@H]1C[C@H]2[C@H](OC(=O)c1cccc(C(=O)O[C@H](c2ccnc3ccc(OC)cc23)[C@@H]2C[C@@H]3CCN2C[C@@H]3CC)n1)c1ccnc2ccc(OC)cc12. The Morgan fingerprint density at radius 3 is 1.53 bits per heavy atom. The fourth-order valence-corrected chi connectivity index (χ4v) is 10.7. The van der Waals surface area contributed by atoms with Crippen molar-refractivity contribution in [3.8, 4) is 11.5 Å². The third kappa shape index (κ3) is 7.17. The number of rotatable bonds is 12. The van der Waals surface area contributed by atoms with E-state index in [1.807, 2.05) is 48.5 Å². The number of fused-ring (bicyclic) bond motifs is 8. The van der Waals surface area contributed by atoms with Crippen LogP contribution in [0.2, 0.25) is 0 Å². The predicted molar refractivity (Wildman–Crippen MR) is 221 cm³/mol. The topological polar surface area (TPSA) is 116 Å². The third-order valence-electron chi connectivity index (χ3n) is 13.8. The molecule has 9 heterocycles. The van der Waals surface area contributed by atoms with Gasteiger partial charge in [0.2, 0.25) is 0 Å². The van der Waals surface area contributed by atoms with Gasteiger partial charge in [-0.3, -0.25) is 19.8 Å². The quantitative estimate of drug-likeness (QED) is 0.114. The molecule has 11 heteroatoms. The molecular formula is C47H53N5O6. The summed E-state index contributed by atoms with van der Waals surface area (Å²) in [6.45, 7) is 8.41. The molecular weight excluding hydrogens is 731 g/mol. The highest BCUT2D eigenvalue weighted by Crippen LogP contribution is 2.46. The fraction of sp³-hybridized carbons (Fsp3) is 0.468. The minimum Gasteiger partial charge on any atom is -0.497 e. The molecule has 302 valence electrons. The number of esters is 2. The lowest BCUT2D eigenvalue weighted by Gasteiger charge is -2.51. The van der Waals surface area contributed by atoms with Crippen LogP contribution in [0.25, 0.3) is 21.8 Å². The highest BCUT2D eigenvalue weighted by molar-refractivity contribution is 5.92. The Labute approximate surface area is 340 Å². The van der Waals surface area contributed by atoms with Gasteiger partial charge in [-0.1, -0.05) is 32.8 Å². The number of aromatic nitrogens is 3. The third-order valence-corrected chi connectivity index (χ3v) is 13.8. The maximum atomic E-state index is 14.4. The zero-order valence-corrected chi connectivity index (χ0v) is 33.9. The van der Waals surface area contributed by atoms with E-state index >= 15 is 0 Å². The van der Waals surface area contributed by atoms with Gasteiger partial charge in [-0.2, -0.15) is 0 Å². The molecule has 11 nitrogen and oxygen atoms in total. The molecule has 2 aromatic carbocycles. The maximum Gasteiger partial charge on any atom is 0.357 e. The summed E-state index contributed by atoms with van der Waals surface area (Å²) in [7, 11) is 3.29. The molecule has 3 aromatic heterocycles. The van der Waals surface area contributed by atoms with Gasteiger partial charge < -0.3 is 18.9 Å². The number of methoxy groups -OCH3 is 2. The number of hydrogen-bond acceptors (Lipinski definition) is 11. The van der Waals surface area contributed by atoms with Crippen LogP contribution in [0.4, 0.5) is 0 Å². The second-order valence-electron chi connectivity index (χ2n) is 16.7. The summed E-state index contributed by atoms with van der Waals surface area (Å²) in [6, 6.07) is 20.4. The van der Waals surface area contributed by atoms with E-state index in [0.29, 0.717) is 35.2 Å². The Bertz CT molecular complexity index is 2160. The van der Waals surface area contributed by atoms with Crippen molar-refractivity contribution in [1.82, 2.24) is 24.8 Å². The summed E-state index contributed by atoms with van der Waals surface area (Å²) in [5.41, 5.74) is 3.47. The van der Waals surface area contributed by atoms with E-state index < -0.39 is 24.1 Å². The van der Waals surface area contributed by atoms with Crippen LogP contribution in [-0.4, -0.2) is 89.2 Å². The van der Waals surface area contributed by atoms with E-state index in [9.17, 15) is 9.59 Å². The minimum absolute atomic E-state index is 0.0156. The minimum atomic E-state index is -0.591. The van der Waals surface area contributed by atoms with Crippen LogP contribution in [0.1, 0.15) is 96.7 Å². The largest absolute Gasteiger partial charge is 0.497 e. The first kappa shape index (κ1) is 38.4. The first-order chi connectivity index (χ1) is 28.3. The Hall–Kier alpha value is -5.13. The van der Waals surface area contributed by atoms with Gasteiger partial charge in [0.15, 0.2) is 0 Å². The van der Waals surface area contributed by atoms with Crippen molar-refractivity contribution in [3.63, 3.8) is 0 Å². The molecule has 6 aliphatic heterocycles. The van der Waals surface area contributed by atoms with Crippen LogP contribution in [0.3, 0.4) is 0 Å². The van der Waals surface area contributed by atoms with Crippen molar-refractivity contribution in [2.24, 2.45) is 23.7 Å². The lowest BCUT2D eigenvalue weighted by molar-refractivity contribution is -0.0665. The summed E-state index contributed by atoms with van der Waals surface area (Å²) >= 11 is 0. The molecule has 58 heavy (non-hydrogen) atoms. The second kappa shape index (κ2) is 16.3. The van der Waals surface area contributed by atoms with Gasteiger partial charge in [-0.25, -0.2) is 14.6 Å². The second-order valence-corrected chi connectivity index (χ2v) is 16.7. The van der Waals surface area contributed by atoms with E-state index in [4.69, 9.17) is 18.9 Å². The zero-order chi connectivity index (χ0) is 39.9. The van der Waals surface area contributed by atoms with Crippen molar-refractivity contribution >= 4 is 33.7 Å². The smallest absolute Gasteiger partial charge is 0.357 e. The molecule has 0 saturated carbocycles. The lowest BCUT2D eigenvalue weighted by atomic mass is 9.72. The summed E-state index contributed by atoms with van der Waals surface area (Å²) in [6.07, 6.45) is 8.79. The molecule has 11 rings (SSSR count). The monoisotopic (exact) mass is 783 g/mol. The maximum absolute atomic E-state index is 14.4. The van der Waals surface area contributed by atoms with Crippen molar-refractivity contribution in [3.05, 3.63) is 102 Å². The van der Waals surface area contributed by atoms with Gasteiger partial charge in [-0.05, 0) is 123 Å². The van der Waals surface area contributed by atoms with Crippen molar-refractivity contribution in [2.75, 3.05) is 40.4 Å². The summed E-state index contributed by atoms with van der Waals surface area (Å²) in [5, 5.41) is 1.76. The van der Waals surface area contributed by atoms with Crippen LogP contribution in [-0.2, 0) is 9.47 Å². The fourth-order valence-electron chi connectivity index (χ4n) is 10.7. The van der Waals surface area contributed by atoms with Gasteiger partial charge in [0, 0.05) is 47.4 Å². The van der Waals surface area contributed by atoms with Gasteiger partial charge in [0.25, 0.3) is 0 Å². The van der Waals surface area contributed by atoms with Gasteiger partial charge in [0.1, 0.15) is 35.1 Å². The first-order valence-corrected chi connectivity index (χ1v) is 21.1. The van der Waals surface area contributed by atoms with E-state index in [0.717, 1.165) is 97.6 Å². The Morgan fingerprint density at radius 2 is 1.14 bits per heavy atom. The van der Waals surface area contributed by atoms with Crippen molar-refractivity contribution < 1.29 is 28.5 Å². The molecule has 6 saturated heterocycles. The molecule has 6 fully saturated rings. The first-order valence-electron chi connectivity index (χ1n) is 21.1. The molecule has 2 unspecified atom stereocenters. The van der Waals surface area contributed by atoms with Gasteiger partial charge in [0.05, 0.1) is 37.3 Å². The Kier molecular flexibility index (Phi) is 10.8. The van der Waals surface area contributed by atoms with Crippen LogP contribution < -0.4 is 9.47 Å². The summed E-state index contributed by atoms with van der Waals surface area (Å²) in [4.78, 5) is 47.6.